The highest BCUT2D eigenvalue weighted by atomic mass is 32.2. The molecule has 0 aliphatic heterocycles. The normalized spacial score (nSPS) is 12.4. The molecule has 0 heterocycles. The molecule has 0 fully saturated rings. The highest BCUT2D eigenvalue weighted by Crippen LogP contribution is 2.22. The number of carbonyl (C=O) groups is 1. The summed E-state index contributed by atoms with van der Waals surface area (Å²) in [5, 5.41) is 2.83. The average Bonchev–Trinajstić information content (AvgIpc) is 2.64. The monoisotopic (exact) mass is 406 g/mol. The fraction of sp³-hybridized carbons (Fsp3) is 0.381. The van der Waals surface area contributed by atoms with Crippen molar-refractivity contribution in [2.24, 2.45) is 0 Å². The van der Waals surface area contributed by atoms with E-state index in [1.807, 2.05) is 19.1 Å². The molecule has 2 rings (SSSR count). The van der Waals surface area contributed by atoms with Crippen molar-refractivity contribution in [3.05, 3.63) is 65.5 Å². The molecule has 0 saturated heterocycles. The topological polar surface area (TPSA) is 66.5 Å². The number of sulfonamides is 1. The van der Waals surface area contributed by atoms with E-state index in [4.69, 9.17) is 0 Å². The third-order valence-corrected chi connectivity index (χ3v) is 5.65. The fourth-order valence-corrected chi connectivity index (χ4v) is 4.24. The highest BCUT2D eigenvalue weighted by molar-refractivity contribution is 7.92. The van der Waals surface area contributed by atoms with Crippen LogP contribution >= 0.6 is 0 Å². The SMILES string of the molecule is CCC(C(=O)NCCCc1ccc(C)cc1)N(c1ccc(F)cc1)S(C)(=O)=O. The summed E-state index contributed by atoms with van der Waals surface area (Å²) in [6.45, 7) is 4.23. The lowest BCUT2D eigenvalue weighted by molar-refractivity contribution is -0.122. The molecule has 1 N–H and O–H groups in total. The summed E-state index contributed by atoms with van der Waals surface area (Å²) in [4.78, 5) is 12.7. The minimum Gasteiger partial charge on any atom is -0.354 e. The number of benzene rings is 2. The molecular formula is C21H27FN2O3S. The molecule has 0 saturated carbocycles. The molecule has 0 radical (unpaired) electrons. The zero-order valence-corrected chi connectivity index (χ0v) is 17.3. The Bertz CT molecular complexity index is 881. The van der Waals surface area contributed by atoms with Crippen LogP contribution in [0.1, 0.15) is 30.9 Å². The van der Waals surface area contributed by atoms with Crippen LogP contribution in [0.5, 0.6) is 0 Å². The van der Waals surface area contributed by atoms with E-state index in [1.165, 1.54) is 35.4 Å². The Morgan fingerprint density at radius 2 is 1.71 bits per heavy atom. The molecule has 1 atom stereocenters. The lowest BCUT2D eigenvalue weighted by Crippen LogP contribution is -2.49. The molecule has 0 aliphatic rings. The maximum absolute atomic E-state index is 13.2. The van der Waals surface area contributed by atoms with Gasteiger partial charge in [0.05, 0.1) is 11.9 Å². The molecule has 5 nitrogen and oxygen atoms in total. The molecule has 2 aromatic carbocycles. The van der Waals surface area contributed by atoms with Crippen molar-refractivity contribution in [2.45, 2.75) is 39.2 Å². The van der Waals surface area contributed by atoms with Crippen molar-refractivity contribution in [1.29, 1.82) is 0 Å². The molecule has 28 heavy (non-hydrogen) atoms. The van der Waals surface area contributed by atoms with Gasteiger partial charge < -0.3 is 5.32 Å². The Labute approximate surface area is 166 Å². The number of aryl methyl sites for hydroxylation is 2. The van der Waals surface area contributed by atoms with Crippen molar-refractivity contribution in [1.82, 2.24) is 5.32 Å². The summed E-state index contributed by atoms with van der Waals surface area (Å²) in [6, 6.07) is 12.4. The Kier molecular flexibility index (Phi) is 7.57. The molecular weight excluding hydrogens is 379 g/mol. The van der Waals surface area contributed by atoms with Gasteiger partial charge in [-0.25, -0.2) is 12.8 Å². The molecule has 2 aromatic rings. The van der Waals surface area contributed by atoms with Gasteiger partial charge in [0.2, 0.25) is 15.9 Å². The Morgan fingerprint density at radius 1 is 1.11 bits per heavy atom. The Morgan fingerprint density at radius 3 is 2.25 bits per heavy atom. The van der Waals surface area contributed by atoms with Gasteiger partial charge in [0.1, 0.15) is 11.9 Å². The number of hydrogen-bond donors (Lipinski definition) is 1. The second-order valence-corrected chi connectivity index (χ2v) is 8.70. The Balaban J connectivity index is 2.02. The lowest BCUT2D eigenvalue weighted by atomic mass is 10.1. The van der Waals surface area contributed by atoms with E-state index in [9.17, 15) is 17.6 Å². The van der Waals surface area contributed by atoms with Gasteiger partial charge in [-0.2, -0.15) is 0 Å². The minimum atomic E-state index is -3.71. The van der Waals surface area contributed by atoms with E-state index >= 15 is 0 Å². The lowest BCUT2D eigenvalue weighted by Gasteiger charge is -2.30. The molecule has 0 aromatic heterocycles. The van der Waals surface area contributed by atoms with Crippen molar-refractivity contribution < 1.29 is 17.6 Å². The molecule has 1 unspecified atom stereocenters. The fourth-order valence-electron chi connectivity index (χ4n) is 3.02. The number of nitrogens with one attached hydrogen (secondary N) is 1. The number of carbonyl (C=O) groups excluding carboxylic acids is 1. The minimum absolute atomic E-state index is 0.269. The van der Waals surface area contributed by atoms with E-state index in [0.717, 1.165) is 23.4 Å². The van der Waals surface area contributed by atoms with Crippen molar-refractivity contribution in [2.75, 3.05) is 17.1 Å². The predicted octanol–water partition coefficient (Wildman–Crippen LogP) is 3.43. The number of hydrogen-bond acceptors (Lipinski definition) is 3. The first-order valence-corrected chi connectivity index (χ1v) is 11.2. The third kappa shape index (κ3) is 6.05. The van der Waals surface area contributed by atoms with Crippen LogP contribution in [0.3, 0.4) is 0 Å². The summed E-state index contributed by atoms with van der Waals surface area (Å²) >= 11 is 0. The van der Waals surface area contributed by atoms with Crippen LogP contribution in [0.4, 0.5) is 10.1 Å². The van der Waals surface area contributed by atoms with Crippen LogP contribution in [0, 0.1) is 12.7 Å². The van der Waals surface area contributed by atoms with Crippen LogP contribution in [-0.4, -0.2) is 33.2 Å². The first-order valence-electron chi connectivity index (χ1n) is 9.30. The van der Waals surface area contributed by atoms with Crippen molar-refractivity contribution in [3.8, 4) is 0 Å². The summed E-state index contributed by atoms with van der Waals surface area (Å²) in [6.07, 6.45) is 2.92. The summed E-state index contributed by atoms with van der Waals surface area (Å²) < 4.78 is 38.9. The third-order valence-electron chi connectivity index (χ3n) is 4.47. The average molecular weight is 407 g/mol. The van der Waals surface area contributed by atoms with Gasteiger partial charge in [0, 0.05) is 6.54 Å². The van der Waals surface area contributed by atoms with E-state index in [1.54, 1.807) is 6.92 Å². The van der Waals surface area contributed by atoms with Crippen molar-refractivity contribution in [3.63, 3.8) is 0 Å². The van der Waals surface area contributed by atoms with Gasteiger partial charge in [-0.05, 0) is 56.0 Å². The number of nitrogens with zero attached hydrogens (tertiary/aromatic N) is 1. The molecule has 1 amide bonds. The smallest absolute Gasteiger partial charge is 0.243 e. The van der Waals surface area contributed by atoms with Gasteiger partial charge in [0.25, 0.3) is 0 Å². The molecule has 0 spiro atoms. The van der Waals surface area contributed by atoms with Crippen molar-refractivity contribution >= 4 is 21.6 Å². The Hall–Kier alpha value is -2.41. The molecule has 152 valence electrons. The van der Waals surface area contributed by atoms with Crippen LogP contribution in [0.25, 0.3) is 0 Å². The number of halogens is 1. The maximum Gasteiger partial charge on any atom is 0.243 e. The van der Waals surface area contributed by atoms with Gasteiger partial charge in [-0.1, -0.05) is 36.8 Å². The second kappa shape index (κ2) is 9.68. The first-order chi connectivity index (χ1) is 13.2. The van der Waals surface area contributed by atoms with Gasteiger partial charge in [0.15, 0.2) is 0 Å². The first kappa shape index (κ1) is 21.9. The van der Waals surface area contributed by atoms with E-state index in [-0.39, 0.29) is 11.6 Å². The van der Waals surface area contributed by atoms with Crippen LogP contribution in [0.2, 0.25) is 0 Å². The summed E-state index contributed by atoms with van der Waals surface area (Å²) in [5.41, 5.74) is 2.66. The van der Waals surface area contributed by atoms with Gasteiger partial charge >= 0.3 is 0 Å². The zero-order valence-electron chi connectivity index (χ0n) is 16.5. The number of anilines is 1. The predicted molar refractivity (Wildman–Crippen MR) is 110 cm³/mol. The standard InChI is InChI=1S/C21H27FN2O3S/c1-4-20(24(28(3,26)27)19-13-11-18(22)12-14-19)21(25)23-15-5-6-17-9-7-16(2)8-10-17/h7-14,20H,4-6,15H2,1-3H3,(H,23,25). The van der Waals surface area contributed by atoms with Crippen LogP contribution in [-0.2, 0) is 21.2 Å². The molecule has 0 bridgehead atoms. The highest BCUT2D eigenvalue weighted by Gasteiger charge is 2.31. The maximum atomic E-state index is 13.2. The van der Waals surface area contributed by atoms with E-state index in [0.29, 0.717) is 13.0 Å². The summed E-state index contributed by atoms with van der Waals surface area (Å²) in [7, 11) is -3.71. The summed E-state index contributed by atoms with van der Waals surface area (Å²) in [5.74, 6) is -0.827. The molecule has 7 heteroatoms. The van der Waals surface area contributed by atoms with Crippen LogP contribution < -0.4 is 9.62 Å². The van der Waals surface area contributed by atoms with E-state index < -0.39 is 21.9 Å². The second-order valence-electron chi connectivity index (χ2n) is 6.84. The quantitative estimate of drug-likeness (QED) is 0.649. The van der Waals surface area contributed by atoms with Gasteiger partial charge in [-0.3, -0.25) is 9.10 Å². The largest absolute Gasteiger partial charge is 0.354 e. The van der Waals surface area contributed by atoms with E-state index in [2.05, 4.69) is 17.4 Å². The van der Waals surface area contributed by atoms with Gasteiger partial charge in [-0.15, -0.1) is 0 Å². The van der Waals surface area contributed by atoms with Crippen LogP contribution in [0.15, 0.2) is 48.5 Å². The zero-order chi connectivity index (χ0) is 20.7. The number of amides is 1. The number of rotatable bonds is 9. The molecule has 0 aliphatic carbocycles.